The van der Waals surface area contributed by atoms with E-state index in [-0.39, 0.29) is 0 Å². The van der Waals surface area contributed by atoms with Gasteiger partial charge < -0.3 is 9.55 Å². The maximum Gasteiger partial charge on any atom is 0.138 e. The molecule has 0 aliphatic carbocycles. The summed E-state index contributed by atoms with van der Waals surface area (Å²) in [6, 6.07) is 18.9. The first-order valence-electron chi connectivity index (χ1n) is 7.84. The summed E-state index contributed by atoms with van der Waals surface area (Å²) in [7, 11) is 0. The van der Waals surface area contributed by atoms with E-state index >= 15 is 0 Å². The zero-order valence-electron chi connectivity index (χ0n) is 12.8. The molecule has 5 rings (SSSR count). The third-order valence-electron chi connectivity index (χ3n) is 4.36. The van der Waals surface area contributed by atoms with Gasteiger partial charge in [-0.3, -0.25) is 0 Å². The number of imidazole rings is 1. The van der Waals surface area contributed by atoms with Crippen LogP contribution in [-0.2, 0) is 0 Å². The number of rotatable bonds is 2. The molecule has 0 radical (unpaired) electrons. The van der Waals surface area contributed by atoms with E-state index in [0.717, 1.165) is 22.2 Å². The van der Waals surface area contributed by atoms with Crippen LogP contribution in [-0.4, -0.2) is 19.5 Å². The van der Waals surface area contributed by atoms with Crippen molar-refractivity contribution in [2.45, 2.75) is 0 Å². The SMILES string of the molecule is c1cc(-c2ccnc3[nH]c4ccccc4c23)cc(-n2ccnc2)c1. The van der Waals surface area contributed by atoms with Crippen molar-refractivity contribution >= 4 is 21.9 Å². The second kappa shape index (κ2) is 5.06. The lowest BCUT2D eigenvalue weighted by Gasteiger charge is -2.07. The van der Waals surface area contributed by atoms with Gasteiger partial charge in [0.2, 0.25) is 0 Å². The maximum atomic E-state index is 4.51. The van der Waals surface area contributed by atoms with E-state index in [4.69, 9.17) is 0 Å². The van der Waals surface area contributed by atoms with Crippen molar-refractivity contribution in [2.75, 3.05) is 0 Å². The van der Waals surface area contributed by atoms with Crippen LogP contribution in [0.5, 0.6) is 0 Å². The summed E-state index contributed by atoms with van der Waals surface area (Å²) in [5.74, 6) is 0. The van der Waals surface area contributed by atoms with E-state index < -0.39 is 0 Å². The number of H-pyrrole nitrogens is 1. The quantitative estimate of drug-likeness (QED) is 0.519. The topological polar surface area (TPSA) is 46.5 Å². The summed E-state index contributed by atoms with van der Waals surface area (Å²) in [6.45, 7) is 0. The molecule has 114 valence electrons. The van der Waals surface area contributed by atoms with Crippen molar-refractivity contribution in [3.8, 4) is 16.8 Å². The van der Waals surface area contributed by atoms with Gasteiger partial charge in [-0.2, -0.15) is 0 Å². The average molecular weight is 310 g/mol. The molecule has 0 unspecified atom stereocenters. The molecule has 0 spiro atoms. The van der Waals surface area contributed by atoms with E-state index in [1.807, 2.05) is 29.4 Å². The summed E-state index contributed by atoms with van der Waals surface area (Å²) in [5, 5.41) is 2.36. The fourth-order valence-electron chi connectivity index (χ4n) is 3.25. The monoisotopic (exact) mass is 310 g/mol. The number of fused-ring (bicyclic) bond motifs is 3. The van der Waals surface area contributed by atoms with Gasteiger partial charge in [0.25, 0.3) is 0 Å². The van der Waals surface area contributed by atoms with E-state index in [1.165, 1.54) is 16.5 Å². The summed E-state index contributed by atoms with van der Waals surface area (Å²) in [5.41, 5.74) is 5.47. The normalized spacial score (nSPS) is 11.3. The lowest BCUT2D eigenvalue weighted by molar-refractivity contribution is 1.06. The zero-order chi connectivity index (χ0) is 15.9. The molecule has 0 fully saturated rings. The Morgan fingerprint density at radius 1 is 0.917 bits per heavy atom. The fourth-order valence-corrected chi connectivity index (χ4v) is 3.25. The Bertz CT molecular complexity index is 1150. The van der Waals surface area contributed by atoms with Crippen LogP contribution in [0.4, 0.5) is 0 Å². The van der Waals surface area contributed by atoms with Gasteiger partial charge >= 0.3 is 0 Å². The molecule has 5 aromatic rings. The average Bonchev–Trinajstić information content (AvgIpc) is 3.29. The van der Waals surface area contributed by atoms with Gasteiger partial charge in [-0.05, 0) is 35.4 Å². The van der Waals surface area contributed by atoms with Crippen LogP contribution in [0.15, 0.2) is 79.5 Å². The van der Waals surface area contributed by atoms with Gasteiger partial charge in [-0.1, -0.05) is 30.3 Å². The second-order valence-corrected chi connectivity index (χ2v) is 5.77. The number of aromatic amines is 1. The zero-order valence-corrected chi connectivity index (χ0v) is 12.8. The molecule has 3 aromatic heterocycles. The number of nitrogens with one attached hydrogen (secondary N) is 1. The van der Waals surface area contributed by atoms with E-state index in [1.54, 1.807) is 6.20 Å². The molecule has 0 aliphatic rings. The van der Waals surface area contributed by atoms with Crippen LogP contribution < -0.4 is 0 Å². The molecule has 1 N–H and O–H groups in total. The van der Waals surface area contributed by atoms with Crippen molar-refractivity contribution < 1.29 is 0 Å². The number of para-hydroxylation sites is 1. The van der Waals surface area contributed by atoms with Gasteiger partial charge in [-0.25, -0.2) is 9.97 Å². The Balaban J connectivity index is 1.79. The standard InChI is InChI=1S/C20H14N4/c1-2-7-18-17(6-1)19-16(8-9-22-20(19)23-18)14-4-3-5-15(12-14)24-11-10-21-13-24/h1-13H,(H,22,23). The van der Waals surface area contributed by atoms with Crippen molar-refractivity contribution in [3.05, 3.63) is 79.5 Å². The fraction of sp³-hybridized carbons (Fsp3) is 0. The lowest BCUT2D eigenvalue weighted by atomic mass is 10.0. The molecule has 0 saturated carbocycles. The minimum Gasteiger partial charge on any atom is -0.339 e. The maximum absolute atomic E-state index is 4.51. The minimum absolute atomic E-state index is 0.918. The van der Waals surface area contributed by atoms with Gasteiger partial charge in [-0.15, -0.1) is 0 Å². The number of hydrogen-bond acceptors (Lipinski definition) is 2. The predicted octanol–water partition coefficient (Wildman–Crippen LogP) is 4.57. The third kappa shape index (κ3) is 1.93. The molecular formula is C20H14N4. The number of hydrogen-bond donors (Lipinski definition) is 1. The van der Waals surface area contributed by atoms with Gasteiger partial charge in [0, 0.05) is 40.6 Å². The van der Waals surface area contributed by atoms with Crippen LogP contribution in [0.3, 0.4) is 0 Å². The molecule has 0 bridgehead atoms. The molecule has 0 amide bonds. The molecule has 3 heterocycles. The van der Waals surface area contributed by atoms with Crippen molar-refractivity contribution in [3.63, 3.8) is 0 Å². The lowest BCUT2D eigenvalue weighted by Crippen LogP contribution is -1.90. The van der Waals surface area contributed by atoms with Crippen molar-refractivity contribution in [1.29, 1.82) is 0 Å². The largest absolute Gasteiger partial charge is 0.339 e. The van der Waals surface area contributed by atoms with Crippen LogP contribution in [0, 0.1) is 0 Å². The Morgan fingerprint density at radius 3 is 2.79 bits per heavy atom. The second-order valence-electron chi connectivity index (χ2n) is 5.77. The van der Waals surface area contributed by atoms with Gasteiger partial charge in [0.05, 0.1) is 6.33 Å². The van der Waals surface area contributed by atoms with E-state index in [0.29, 0.717) is 0 Å². The number of benzene rings is 2. The highest BCUT2D eigenvalue weighted by Crippen LogP contribution is 2.33. The highest BCUT2D eigenvalue weighted by molar-refractivity contribution is 6.12. The Morgan fingerprint density at radius 2 is 1.88 bits per heavy atom. The van der Waals surface area contributed by atoms with Crippen molar-refractivity contribution in [1.82, 2.24) is 19.5 Å². The highest BCUT2D eigenvalue weighted by Gasteiger charge is 2.11. The molecule has 4 heteroatoms. The van der Waals surface area contributed by atoms with E-state index in [9.17, 15) is 0 Å². The third-order valence-corrected chi connectivity index (χ3v) is 4.36. The molecule has 24 heavy (non-hydrogen) atoms. The van der Waals surface area contributed by atoms with Crippen LogP contribution in [0.1, 0.15) is 0 Å². The molecular weight excluding hydrogens is 296 g/mol. The molecule has 0 saturated heterocycles. The van der Waals surface area contributed by atoms with Gasteiger partial charge in [0.1, 0.15) is 5.65 Å². The van der Waals surface area contributed by atoms with Gasteiger partial charge in [0.15, 0.2) is 0 Å². The summed E-state index contributed by atoms with van der Waals surface area (Å²) >= 11 is 0. The van der Waals surface area contributed by atoms with E-state index in [2.05, 4.69) is 63.5 Å². The van der Waals surface area contributed by atoms with Crippen molar-refractivity contribution in [2.24, 2.45) is 0 Å². The Hall–Kier alpha value is -3.40. The summed E-state index contributed by atoms with van der Waals surface area (Å²) in [6.07, 6.45) is 7.41. The predicted molar refractivity (Wildman–Crippen MR) is 96.2 cm³/mol. The highest BCUT2D eigenvalue weighted by atomic mass is 15.0. The molecule has 0 atom stereocenters. The molecule has 2 aromatic carbocycles. The number of nitrogens with zero attached hydrogens (tertiary/aromatic N) is 3. The van der Waals surface area contributed by atoms with Crippen LogP contribution in [0.2, 0.25) is 0 Å². The van der Waals surface area contributed by atoms with Crippen LogP contribution >= 0.6 is 0 Å². The summed E-state index contributed by atoms with van der Waals surface area (Å²) in [4.78, 5) is 12.0. The van der Waals surface area contributed by atoms with Crippen LogP contribution in [0.25, 0.3) is 38.8 Å². The first kappa shape index (κ1) is 13.1. The first-order chi connectivity index (χ1) is 11.9. The number of pyridine rings is 1. The molecule has 0 aliphatic heterocycles. The Kier molecular flexibility index (Phi) is 2.76. The first-order valence-corrected chi connectivity index (χ1v) is 7.84. The molecule has 4 nitrogen and oxygen atoms in total. The Labute approximate surface area is 138 Å². The summed E-state index contributed by atoms with van der Waals surface area (Å²) < 4.78 is 2.01. The number of aromatic nitrogens is 4. The minimum atomic E-state index is 0.918. The smallest absolute Gasteiger partial charge is 0.138 e.